The van der Waals surface area contributed by atoms with E-state index < -0.39 is 12.1 Å². The highest BCUT2D eigenvalue weighted by Crippen LogP contribution is 2.19. The maximum absolute atomic E-state index is 12.5. The molecule has 0 heterocycles. The Kier molecular flexibility index (Phi) is 68.4. The lowest BCUT2D eigenvalue weighted by Crippen LogP contribution is -2.45. The summed E-state index contributed by atoms with van der Waals surface area (Å²) in [7, 11) is 0. The van der Waals surface area contributed by atoms with Gasteiger partial charge in [0.05, 0.1) is 25.4 Å². The Balaban J connectivity index is 3.35. The van der Waals surface area contributed by atoms with E-state index in [0.29, 0.717) is 25.9 Å². The molecule has 0 rings (SSSR count). The van der Waals surface area contributed by atoms with E-state index in [9.17, 15) is 19.8 Å². The van der Waals surface area contributed by atoms with Crippen molar-refractivity contribution in [3.8, 4) is 0 Å². The summed E-state index contributed by atoms with van der Waals surface area (Å²) in [6.07, 6.45) is 88.2. The van der Waals surface area contributed by atoms with Crippen LogP contribution in [0.2, 0.25) is 0 Å². The number of hydrogen-bond donors (Lipinski definition) is 3. The highest BCUT2D eigenvalue weighted by Gasteiger charge is 2.20. The van der Waals surface area contributed by atoms with E-state index in [2.05, 4.69) is 43.5 Å². The Hall–Kier alpha value is -1.66. The molecule has 0 aliphatic heterocycles. The van der Waals surface area contributed by atoms with Gasteiger partial charge in [-0.25, -0.2) is 0 Å². The summed E-state index contributed by atoms with van der Waals surface area (Å²) in [5.41, 5.74) is 0. The molecule has 1 amide bonds. The van der Waals surface area contributed by atoms with Gasteiger partial charge in [0, 0.05) is 12.8 Å². The summed E-state index contributed by atoms with van der Waals surface area (Å²) < 4.78 is 5.49. The third-order valence-electron chi connectivity index (χ3n) is 17.3. The van der Waals surface area contributed by atoms with E-state index in [1.165, 1.54) is 334 Å². The van der Waals surface area contributed by atoms with Gasteiger partial charge in [-0.1, -0.05) is 366 Å². The van der Waals surface area contributed by atoms with Crippen LogP contribution in [0.15, 0.2) is 24.3 Å². The van der Waals surface area contributed by atoms with Crippen LogP contribution in [0, 0.1) is 0 Å². The number of esters is 1. The minimum Gasteiger partial charge on any atom is -0.466 e. The molecule has 80 heavy (non-hydrogen) atoms. The number of aliphatic hydroxyl groups excluding tert-OH is 2. The second kappa shape index (κ2) is 69.8. The molecule has 0 saturated carbocycles. The lowest BCUT2D eigenvalue weighted by molar-refractivity contribution is -0.143. The predicted molar refractivity (Wildman–Crippen MR) is 352 cm³/mol. The normalized spacial score (nSPS) is 12.6. The minimum atomic E-state index is -0.662. The number of carbonyl (C=O) groups is 2. The molecule has 0 aliphatic carbocycles. The van der Waals surface area contributed by atoms with Crippen LogP contribution in [0.1, 0.15) is 412 Å². The number of aliphatic hydroxyl groups is 2. The Labute approximate surface area is 501 Å². The van der Waals surface area contributed by atoms with Crippen molar-refractivity contribution in [2.24, 2.45) is 0 Å². The molecular weight excluding hydrogens is 983 g/mol. The molecule has 0 bridgehead atoms. The van der Waals surface area contributed by atoms with Gasteiger partial charge in [-0.3, -0.25) is 9.59 Å². The summed E-state index contributed by atoms with van der Waals surface area (Å²) in [6, 6.07) is -0.539. The van der Waals surface area contributed by atoms with Gasteiger partial charge in [-0.05, 0) is 57.8 Å². The standard InChI is InChI=1S/C74H143NO5/c1-3-5-7-9-11-13-15-17-42-46-50-54-58-62-66-72(77)71(70-76)75-73(78)67-63-59-55-51-47-43-40-38-36-34-32-30-28-26-24-22-20-19-21-23-25-27-29-31-33-35-37-39-41-45-49-53-57-61-65-69-80-74(79)68-64-60-56-52-48-44-18-16-14-12-10-8-6-4-2/h21,23,27,29,71-72,76-77H,3-20,22,24-26,28,30-70H2,1-2H3,(H,75,78)/b23-21-,29-27-. The number of unbranched alkanes of at least 4 members (excludes halogenated alkanes) is 54. The molecule has 2 unspecified atom stereocenters. The number of hydrogen-bond acceptors (Lipinski definition) is 5. The summed E-state index contributed by atoms with van der Waals surface area (Å²) in [5.74, 6) is -0.0102. The van der Waals surface area contributed by atoms with Gasteiger partial charge in [0.25, 0.3) is 0 Å². The minimum absolute atomic E-state index is 0.0197. The van der Waals surface area contributed by atoms with Crippen LogP contribution in [-0.2, 0) is 14.3 Å². The molecule has 3 N–H and O–H groups in total. The summed E-state index contributed by atoms with van der Waals surface area (Å²) in [4.78, 5) is 24.6. The summed E-state index contributed by atoms with van der Waals surface area (Å²) in [5, 5.41) is 23.3. The SMILES string of the molecule is CCCCCCCCCCCCCCCCC(=O)OCCCCCCCCCCCCC/C=C\C/C=C\CCCCCCCCCCCCCCCCCCCC(=O)NC(CO)C(O)CCCCCCCCCCCCCCCC. The van der Waals surface area contributed by atoms with Crippen LogP contribution in [0.25, 0.3) is 0 Å². The smallest absolute Gasteiger partial charge is 0.305 e. The van der Waals surface area contributed by atoms with Gasteiger partial charge in [-0.2, -0.15) is 0 Å². The van der Waals surface area contributed by atoms with Crippen molar-refractivity contribution in [3.05, 3.63) is 24.3 Å². The zero-order valence-electron chi connectivity index (χ0n) is 54.3. The maximum atomic E-state index is 12.5. The Morgan fingerprint density at radius 3 is 0.950 bits per heavy atom. The first-order valence-electron chi connectivity index (χ1n) is 36.6. The van der Waals surface area contributed by atoms with Crippen molar-refractivity contribution >= 4 is 11.9 Å². The van der Waals surface area contributed by atoms with Gasteiger partial charge >= 0.3 is 5.97 Å². The third-order valence-corrected chi connectivity index (χ3v) is 17.3. The monoisotopic (exact) mass is 1130 g/mol. The fourth-order valence-electron chi connectivity index (χ4n) is 11.7. The van der Waals surface area contributed by atoms with Crippen LogP contribution >= 0.6 is 0 Å². The van der Waals surface area contributed by atoms with Gasteiger partial charge in [0.1, 0.15) is 0 Å². The predicted octanol–water partition coefficient (Wildman–Crippen LogP) is 23.7. The molecule has 0 fully saturated rings. The second-order valence-electron chi connectivity index (χ2n) is 25.3. The molecule has 0 aromatic heterocycles. The molecule has 0 aromatic carbocycles. The van der Waals surface area contributed by atoms with Gasteiger partial charge in [0.2, 0.25) is 5.91 Å². The number of rotatable bonds is 69. The lowest BCUT2D eigenvalue weighted by atomic mass is 10.0. The molecule has 6 heteroatoms. The first kappa shape index (κ1) is 78.3. The van der Waals surface area contributed by atoms with E-state index >= 15 is 0 Å². The summed E-state index contributed by atoms with van der Waals surface area (Å²) >= 11 is 0. The van der Waals surface area contributed by atoms with Crippen LogP contribution in [-0.4, -0.2) is 47.4 Å². The number of allylic oxidation sites excluding steroid dienone is 4. The van der Waals surface area contributed by atoms with Crippen molar-refractivity contribution in [2.75, 3.05) is 13.2 Å². The lowest BCUT2D eigenvalue weighted by Gasteiger charge is -2.22. The van der Waals surface area contributed by atoms with Gasteiger partial charge in [0.15, 0.2) is 0 Å². The fraction of sp³-hybridized carbons (Fsp3) is 0.919. The Morgan fingerprint density at radius 1 is 0.350 bits per heavy atom. The highest BCUT2D eigenvalue weighted by atomic mass is 16.5. The quantitative estimate of drug-likeness (QED) is 0.0320. The first-order chi connectivity index (χ1) is 39.5. The van der Waals surface area contributed by atoms with Crippen molar-refractivity contribution in [2.45, 2.75) is 424 Å². The molecule has 0 radical (unpaired) electrons. The number of amides is 1. The number of nitrogens with one attached hydrogen (secondary N) is 1. The highest BCUT2D eigenvalue weighted by molar-refractivity contribution is 5.76. The van der Waals surface area contributed by atoms with Crippen LogP contribution in [0.5, 0.6) is 0 Å². The average molecular weight is 1130 g/mol. The average Bonchev–Trinajstić information content (AvgIpc) is 3.46. The van der Waals surface area contributed by atoms with E-state index in [-0.39, 0.29) is 18.5 Å². The van der Waals surface area contributed by atoms with Crippen LogP contribution in [0.3, 0.4) is 0 Å². The molecule has 0 spiro atoms. The molecule has 0 aliphatic rings. The molecule has 0 aromatic rings. The Bertz CT molecular complexity index is 1250. The van der Waals surface area contributed by atoms with Crippen molar-refractivity contribution in [1.29, 1.82) is 0 Å². The third kappa shape index (κ3) is 65.5. The molecule has 474 valence electrons. The molecule has 6 nitrogen and oxygen atoms in total. The van der Waals surface area contributed by atoms with Crippen LogP contribution in [0.4, 0.5) is 0 Å². The number of carbonyl (C=O) groups excluding carboxylic acids is 2. The maximum Gasteiger partial charge on any atom is 0.305 e. The van der Waals surface area contributed by atoms with Crippen LogP contribution < -0.4 is 5.32 Å². The van der Waals surface area contributed by atoms with Crippen molar-refractivity contribution in [3.63, 3.8) is 0 Å². The zero-order chi connectivity index (χ0) is 57.8. The van der Waals surface area contributed by atoms with E-state index in [1.54, 1.807) is 0 Å². The van der Waals surface area contributed by atoms with E-state index in [0.717, 1.165) is 44.9 Å². The molecule has 2 atom stereocenters. The second-order valence-corrected chi connectivity index (χ2v) is 25.3. The largest absolute Gasteiger partial charge is 0.466 e. The molecular formula is C74H143NO5. The van der Waals surface area contributed by atoms with Crippen molar-refractivity contribution < 1.29 is 24.5 Å². The van der Waals surface area contributed by atoms with E-state index in [1.807, 2.05) is 0 Å². The molecule has 0 saturated heterocycles. The summed E-state index contributed by atoms with van der Waals surface area (Å²) in [6.45, 7) is 4.99. The topological polar surface area (TPSA) is 95.9 Å². The zero-order valence-corrected chi connectivity index (χ0v) is 54.3. The number of ether oxygens (including phenoxy) is 1. The van der Waals surface area contributed by atoms with E-state index in [4.69, 9.17) is 4.74 Å². The van der Waals surface area contributed by atoms with Gasteiger partial charge < -0.3 is 20.3 Å². The van der Waals surface area contributed by atoms with Crippen molar-refractivity contribution in [1.82, 2.24) is 5.32 Å². The first-order valence-corrected chi connectivity index (χ1v) is 36.6. The Morgan fingerprint density at radius 2 is 0.625 bits per heavy atom. The fourth-order valence-corrected chi connectivity index (χ4v) is 11.7. The van der Waals surface area contributed by atoms with Gasteiger partial charge in [-0.15, -0.1) is 0 Å².